The lowest BCUT2D eigenvalue weighted by Crippen LogP contribution is -2.01. The average Bonchev–Trinajstić information content (AvgIpc) is 2.38. The first-order valence-electron chi connectivity index (χ1n) is 5.13. The number of hydrogen-bond acceptors (Lipinski definition) is 3. The van der Waals surface area contributed by atoms with Gasteiger partial charge in [-0.15, -0.1) is 0 Å². The van der Waals surface area contributed by atoms with E-state index in [-0.39, 0.29) is 5.82 Å². The summed E-state index contributed by atoms with van der Waals surface area (Å²) < 4.78 is 12.7. The summed E-state index contributed by atoms with van der Waals surface area (Å²) in [6.45, 7) is 0.544. The van der Waals surface area contributed by atoms with Crippen LogP contribution >= 0.6 is 0 Å². The molecule has 0 aliphatic rings. The third-order valence-electron chi connectivity index (χ3n) is 2.25. The Hall–Kier alpha value is -2.41. The fourth-order valence-corrected chi connectivity index (χ4v) is 1.39. The Morgan fingerprint density at radius 1 is 1.18 bits per heavy atom. The zero-order chi connectivity index (χ0) is 12.1. The Kier molecular flexibility index (Phi) is 3.31. The quantitative estimate of drug-likeness (QED) is 0.877. The van der Waals surface area contributed by atoms with Crippen molar-refractivity contribution in [2.45, 2.75) is 6.54 Å². The highest BCUT2D eigenvalue weighted by molar-refractivity contribution is 5.39. The molecule has 0 amide bonds. The molecule has 1 aromatic heterocycles. The van der Waals surface area contributed by atoms with E-state index in [1.807, 2.05) is 6.07 Å². The van der Waals surface area contributed by atoms with E-state index in [4.69, 9.17) is 5.26 Å². The van der Waals surface area contributed by atoms with Gasteiger partial charge in [0.15, 0.2) is 0 Å². The second-order valence-corrected chi connectivity index (χ2v) is 3.50. The van der Waals surface area contributed by atoms with Gasteiger partial charge < -0.3 is 5.32 Å². The minimum atomic E-state index is -0.252. The summed E-state index contributed by atoms with van der Waals surface area (Å²) in [5.74, 6) is 0.381. The number of pyridine rings is 1. The molecule has 84 valence electrons. The topological polar surface area (TPSA) is 48.7 Å². The molecule has 17 heavy (non-hydrogen) atoms. The number of nitrogens with one attached hydrogen (secondary N) is 1. The van der Waals surface area contributed by atoms with Crippen LogP contribution in [0.3, 0.4) is 0 Å². The molecule has 0 fully saturated rings. The molecule has 2 rings (SSSR count). The fourth-order valence-electron chi connectivity index (χ4n) is 1.39. The summed E-state index contributed by atoms with van der Waals surface area (Å²) in [7, 11) is 0. The molecule has 4 heteroatoms. The molecule has 1 aromatic carbocycles. The summed E-state index contributed by atoms with van der Waals surface area (Å²) in [4.78, 5) is 4.08. The van der Waals surface area contributed by atoms with Gasteiger partial charge in [-0.3, -0.25) is 0 Å². The van der Waals surface area contributed by atoms with Gasteiger partial charge in [0.2, 0.25) is 0 Å². The van der Waals surface area contributed by atoms with Gasteiger partial charge in [-0.05, 0) is 29.8 Å². The van der Waals surface area contributed by atoms with Gasteiger partial charge in [-0.2, -0.15) is 5.26 Å². The summed E-state index contributed by atoms with van der Waals surface area (Å²) in [6.07, 6.45) is 0. The molecule has 0 aliphatic carbocycles. The van der Waals surface area contributed by atoms with Gasteiger partial charge in [-0.25, -0.2) is 9.37 Å². The number of aromatic nitrogens is 1. The third kappa shape index (κ3) is 3.02. The highest BCUT2D eigenvalue weighted by Crippen LogP contribution is 2.08. The first kappa shape index (κ1) is 11.1. The van der Waals surface area contributed by atoms with Crippen molar-refractivity contribution >= 4 is 5.82 Å². The van der Waals surface area contributed by atoms with Gasteiger partial charge in [0.05, 0.1) is 0 Å². The lowest BCUT2D eigenvalue weighted by atomic mass is 10.2. The smallest absolute Gasteiger partial charge is 0.142 e. The van der Waals surface area contributed by atoms with Crippen LogP contribution in [0.4, 0.5) is 10.2 Å². The lowest BCUT2D eigenvalue weighted by Gasteiger charge is -2.05. The van der Waals surface area contributed by atoms with Crippen LogP contribution in [0.2, 0.25) is 0 Å². The Labute approximate surface area is 98.5 Å². The van der Waals surface area contributed by atoms with Crippen molar-refractivity contribution in [3.8, 4) is 6.07 Å². The summed E-state index contributed by atoms with van der Waals surface area (Å²) in [5.41, 5.74) is 1.32. The molecule has 1 N–H and O–H groups in total. The van der Waals surface area contributed by atoms with E-state index in [2.05, 4.69) is 10.3 Å². The minimum absolute atomic E-state index is 0.252. The van der Waals surface area contributed by atoms with Crippen LogP contribution in [0.1, 0.15) is 11.3 Å². The van der Waals surface area contributed by atoms with Crippen LogP contribution in [-0.4, -0.2) is 4.98 Å². The Bertz CT molecular complexity index is 543. The first-order chi connectivity index (χ1) is 8.28. The first-order valence-corrected chi connectivity index (χ1v) is 5.13. The maximum Gasteiger partial charge on any atom is 0.142 e. The number of nitriles is 1. The summed E-state index contributed by atoms with van der Waals surface area (Å²) in [6, 6.07) is 13.4. The largest absolute Gasteiger partial charge is 0.366 e. The maximum absolute atomic E-state index is 12.7. The van der Waals surface area contributed by atoms with Crippen molar-refractivity contribution < 1.29 is 4.39 Å². The van der Waals surface area contributed by atoms with E-state index >= 15 is 0 Å². The Morgan fingerprint density at radius 2 is 1.94 bits per heavy atom. The van der Waals surface area contributed by atoms with Gasteiger partial charge in [0, 0.05) is 6.54 Å². The average molecular weight is 227 g/mol. The van der Waals surface area contributed by atoms with Gasteiger partial charge in [0.1, 0.15) is 23.4 Å². The van der Waals surface area contributed by atoms with Gasteiger partial charge in [0.25, 0.3) is 0 Å². The number of anilines is 1. The maximum atomic E-state index is 12.7. The molecule has 0 saturated heterocycles. The van der Waals surface area contributed by atoms with E-state index in [9.17, 15) is 4.39 Å². The molecule has 0 aliphatic heterocycles. The standard InChI is InChI=1S/C13H10FN3/c14-11-6-4-10(5-7-11)9-16-13-3-1-2-12(8-15)17-13/h1-7H,9H2,(H,16,17). The molecule has 0 bridgehead atoms. The van der Waals surface area contributed by atoms with Gasteiger partial charge >= 0.3 is 0 Å². The minimum Gasteiger partial charge on any atom is -0.366 e. The van der Waals surface area contributed by atoms with E-state index in [1.165, 1.54) is 12.1 Å². The molecular weight excluding hydrogens is 217 g/mol. The normalized spacial score (nSPS) is 9.65. The summed E-state index contributed by atoms with van der Waals surface area (Å²) >= 11 is 0. The lowest BCUT2D eigenvalue weighted by molar-refractivity contribution is 0.627. The van der Waals surface area contributed by atoms with Crippen molar-refractivity contribution in [3.63, 3.8) is 0 Å². The molecule has 1 heterocycles. The molecule has 0 saturated carbocycles. The Balaban J connectivity index is 2.02. The molecule has 0 radical (unpaired) electrons. The van der Waals surface area contributed by atoms with E-state index < -0.39 is 0 Å². The second-order valence-electron chi connectivity index (χ2n) is 3.50. The zero-order valence-corrected chi connectivity index (χ0v) is 9.02. The number of halogens is 1. The number of benzene rings is 1. The van der Waals surface area contributed by atoms with Crippen LogP contribution in [0.5, 0.6) is 0 Å². The Morgan fingerprint density at radius 3 is 2.65 bits per heavy atom. The van der Waals surface area contributed by atoms with Crippen LogP contribution in [0.15, 0.2) is 42.5 Å². The molecule has 0 atom stereocenters. The van der Waals surface area contributed by atoms with Gasteiger partial charge in [-0.1, -0.05) is 18.2 Å². The van der Waals surface area contributed by atoms with Crippen molar-refractivity contribution in [2.24, 2.45) is 0 Å². The third-order valence-corrected chi connectivity index (χ3v) is 2.25. The van der Waals surface area contributed by atoms with Crippen molar-refractivity contribution in [1.82, 2.24) is 4.98 Å². The van der Waals surface area contributed by atoms with Crippen LogP contribution < -0.4 is 5.32 Å². The number of rotatable bonds is 3. The predicted molar refractivity (Wildman–Crippen MR) is 62.7 cm³/mol. The van der Waals surface area contributed by atoms with Crippen molar-refractivity contribution in [1.29, 1.82) is 5.26 Å². The molecule has 3 nitrogen and oxygen atoms in total. The van der Waals surface area contributed by atoms with E-state index in [0.717, 1.165) is 5.56 Å². The molecular formula is C13H10FN3. The highest BCUT2D eigenvalue weighted by Gasteiger charge is 1.97. The predicted octanol–water partition coefficient (Wildman–Crippen LogP) is 2.70. The molecule has 2 aromatic rings. The number of nitrogens with zero attached hydrogens (tertiary/aromatic N) is 2. The second kappa shape index (κ2) is 5.08. The summed E-state index contributed by atoms with van der Waals surface area (Å²) in [5, 5.41) is 11.8. The zero-order valence-electron chi connectivity index (χ0n) is 9.02. The van der Waals surface area contributed by atoms with Crippen molar-refractivity contribution in [2.75, 3.05) is 5.32 Å². The monoisotopic (exact) mass is 227 g/mol. The number of hydrogen-bond donors (Lipinski definition) is 1. The van der Waals surface area contributed by atoms with E-state index in [0.29, 0.717) is 18.1 Å². The van der Waals surface area contributed by atoms with E-state index in [1.54, 1.807) is 30.3 Å². The van der Waals surface area contributed by atoms with Crippen LogP contribution in [-0.2, 0) is 6.54 Å². The van der Waals surface area contributed by atoms with Crippen LogP contribution in [0, 0.1) is 17.1 Å². The molecule has 0 unspecified atom stereocenters. The molecule has 0 spiro atoms. The highest BCUT2D eigenvalue weighted by atomic mass is 19.1. The SMILES string of the molecule is N#Cc1cccc(NCc2ccc(F)cc2)n1. The van der Waals surface area contributed by atoms with Crippen LogP contribution in [0.25, 0.3) is 0 Å². The fraction of sp³-hybridized carbons (Fsp3) is 0.0769. The van der Waals surface area contributed by atoms with Crippen molar-refractivity contribution in [3.05, 3.63) is 59.5 Å².